The van der Waals surface area contributed by atoms with Crippen LogP contribution in [0.5, 0.6) is 0 Å². The lowest BCUT2D eigenvalue weighted by molar-refractivity contribution is 0.458. The summed E-state index contributed by atoms with van der Waals surface area (Å²) < 4.78 is 2.40. The zero-order valence-corrected chi connectivity index (χ0v) is 15.8. The Labute approximate surface area is 158 Å². The monoisotopic (exact) mass is 363 g/mol. The van der Waals surface area contributed by atoms with Crippen molar-refractivity contribution in [2.45, 2.75) is 57.9 Å². The highest BCUT2D eigenvalue weighted by molar-refractivity contribution is 5.85. The summed E-state index contributed by atoms with van der Waals surface area (Å²) in [6, 6.07) is 4.03. The first-order valence-corrected chi connectivity index (χ1v) is 10.0. The van der Waals surface area contributed by atoms with Gasteiger partial charge >= 0.3 is 0 Å². The summed E-state index contributed by atoms with van der Waals surface area (Å²) in [6.45, 7) is 5.03. The molecule has 0 bridgehead atoms. The molecule has 0 amide bonds. The molecule has 3 aromatic rings. The Balaban J connectivity index is 1.37. The van der Waals surface area contributed by atoms with Gasteiger partial charge in [-0.05, 0) is 44.7 Å². The van der Waals surface area contributed by atoms with Crippen molar-refractivity contribution in [3.05, 3.63) is 35.8 Å². The van der Waals surface area contributed by atoms with Crippen molar-refractivity contribution in [1.29, 1.82) is 0 Å². The molecular formula is C20H25N7. The van der Waals surface area contributed by atoms with Gasteiger partial charge in [0.1, 0.15) is 23.5 Å². The predicted octanol–water partition coefficient (Wildman–Crippen LogP) is 3.04. The van der Waals surface area contributed by atoms with Gasteiger partial charge in [0.15, 0.2) is 5.82 Å². The zero-order valence-electron chi connectivity index (χ0n) is 15.8. The molecule has 5 heterocycles. The third kappa shape index (κ3) is 3.05. The van der Waals surface area contributed by atoms with Crippen LogP contribution < -0.4 is 4.90 Å². The molecule has 0 radical (unpaired) electrons. The minimum Gasteiger partial charge on any atom is -0.355 e. The van der Waals surface area contributed by atoms with Crippen molar-refractivity contribution in [3.8, 4) is 0 Å². The van der Waals surface area contributed by atoms with E-state index in [2.05, 4.69) is 29.6 Å². The molecule has 0 aromatic carbocycles. The Bertz CT molecular complexity index is 956. The van der Waals surface area contributed by atoms with Gasteiger partial charge in [0.05, 0.1) is 5.52 Å². The van der Waals surface area contributed by atoms with Gasteiger partial charge in [-0.25, -0.2) is 15.0 Å². The first kappa shape index (κ1) is 16.6. The van der Waals surface area contributed by atoms with Crippen LogP contribution in [-0.4, -0.2) is 42.8 Å². The number of piperidine rings is 1. The van der Waals surface area contributed by atoms with E-state index in [9.17, 15) is 0 Å². The largest absolute Gasteiger partial charge is 0.355 e. The average molecular weight is 363 g/mol. The van der Waals surface area contributed by atoms with E-state index in [-0.39, 0.29) is 0 Å². The Kier molecular flexibility index (Phi) is 4.22. The van der Waals surface area contributed by atoms with Gasteiger partial charge in [-0.3, -0.25) is 0 Å². The van der Waals surface area contributed by atoms with Gasteiger partial charge in [0.2, 0.25) is 0 Å². The van der Waals surface area contributed by atoms with E-state index in [4.69, 9.17) is 4.98 Å². The number of hydrogen-bond acceptors (Lipinski definition) is 6. The topological polar surface area (TPSA) is 72.6 Å². The molecule has 27 heavy (non-hydrogen) atoms. The number of pyridine rings is 1. The lowest BCUT2D eigenvalue weighted by Crippen LogP contribution is -2.34. The van der Waals surface area contributed by atoms with E-state index in [0.717, 1.165) is 61.4 Å². The van der Waals surface area contributed by atoms with E-state index in [0.29, 0.717) is 5.92 Å². The lowest BCUT2D eigenvalue weighted by atomic mass is 9.95. The van der Waals surface area contributed by atoms with E-state index in [1.807, 2.05) is 19.1 Å². The summed E-state index contributed by atoms with van der Waals surface area (Å²) in [6.07, 6.45) is 8.67. The molecule has 0 unspecified atom stereocenters. The second-order valence-electron chi connectivity index (χ2n) is 7.72. The minimum atomic E-state index is 0.489. The molecular weight excluding hydrogens is 338 g/mol. The smallest absolute Gasteiger partial charge is 0.158 e. The van der Waals surface area contributed by atoms with Gasteiger partial charge in [0.25, 0.3) is 0 Å². The Morgan fingerprint density at radius 2 is 1.85 bits per heavy atom. The molecule has 1 saturated heterocycles. The van der Waals surface area contributed by atoms with Crippen LogP contribution in [0.3, 0.4) is 0 Å². The van der Waals surface area contributed by atoms with E-state index >= 15 is 0 Å². The Morgan fingerprint density at radius 1 is 0.963 bits per heavy atom. The van der Waals surface area contributed by atoms with Crippen molar-refractivity contribution < 1.29 is 0 Å². The molecule has 7 heteroatoms. The van der Waals surface area contributed by atoms with Crippen LogP contribution in [0.2, 0.25) is 0 Å². The highest BCUT2D eigenvalue weighted by Gasteiger charge is 2.28. The molecule has 0 atom stereocenters. The second kappa shape index (κ2) is 6.87. The third-order valence-corrected chi connectivity index (χ3v) is 5.90. The minimum absolute atomic E-state index is 0.489. The molecule has 0 saturated carbocycles. The van der Waals surface area contributed by atoms with Crippen LogP contribution in [0.15, 0.2) is 18.5 Å². The molecule has 2 aliphatic heterocycles. The number of aryl methyl sites for hydroxylation is 2. The average Bonchev–Trinajstić information content (AvgIpc) is 2.96. The standard InChI is InChI=1S/C20H25N7/c1-14-6-7-16-18(23-14)20(22-13-21-16)26-11-8-15(9-12-26)19-25-24-17-5-3-2-4-10-27(17)19/h6-7,13,15H,2-5,8-12H2,1H3. The maximum absolute atomic E-state index is 4.69. The molecule has 140 valence electrons. The summed E-state index contributed by atoms with van der Waals surface area (Å²) in [5.74, 6) is 3.84. The van der Waals surface area contributed by atoms with Crippen molar-refractivity contribution in [2.75, 3.05) is 18.0 Å². The highest BCUT2D eigenvalue weighted by atomic mass is 15.3. The molecule has 0 aliphatic carbocycles. The molecule has 0 spiro atoms. The number of aromatic nitrogens is 6. The quantitative estimate of drug-likeness (QED) is 0.697. The fourth-order valence-corrected chi connectivity index (χ4v) is 4.42. The summed E-state index contributed by atoms with van der Waals surface area (Å²) in [4.78, 5) is 16.0. The van der Waals surface area contributed by atoms with Crippen LogP contribution in [0.25, 0.3) is 11.0 Å². The highest BCUT2D eigenvalue weighted by Crippen LogP contribution is 2.32. The SMILES string of the molecule is Cc1ccc2ncnc(N3CCC(c4nnc5n4CCCCC5)CC3)c2n1. The lowest BCUT2D eigenvalue weighted by Gasteiger charge is -2.32. The van der Waals surface area contributed by atoms with Crippen LogP contribution in [0, 0.1) is 6.92 Å². The number of anilines is 1. The summed E-state index contributed by atoms with van der Waals surface area (Å²) in [7, 11) is 0. The number of fused-ring (bicyclic) bond motifs is 2. The molecule has 0 N–H and O–H groups in total. The van der Waals surface area contributed by atoms with Crippen molar-refractivity contribution in [1.82, 2.24) is 29.7 Å². The van der Waals surface area contributed by atoms with Gasteiger partial charge in [-0.1, -0.05) is 6.42 Å². The molecule has 7 nitrogen and oxygen atoms in total. The number of nitrogens with zero attached hydrogens (tertiary/aromatic N) is 7. The normalized spacial score (nSPS) is 18.5. The molecule has 1 fully saturated rings. The summed E-state index contributed by atoms with van der Waals surface area (Å²) >= 11 is 0. The van der Waals surface area contributed by atoms with Gasteiger partial charge < -0.3 is 9.47 Å². The van der Waals surface area contributed by atoms with Crippen LogP contribution in [0.1, 0.15) is 55.4 Å². The van der Waals surface area contributed by atoms with E-state index in [1.54, 1.807) is 6.33 Å². The van der Waals surface area contributed by atoms with Gasteiger partial charge in [-0.15, -0.1) is 10.2 Å². The third-order valence-electron chi connectivity index (χ3n) is 5.90. The van der Waals surface area contributed by atoms with Gasteiger partial charge in [-0.2, -0.15) is 0 Å². The fraction of sp³-hybridized carbons (Fsp3) is 0.550. The Morgan fingerprint density at radius 3 is 2.74 bits per heavy atom. The predicted molar refractivity (Wildman–Crippen MR) is 104 cm³/mol. The van der Waals surface area contributed by atoms with Gasteiger partial charge in [0, 0.05) is 37.7 Å². The number of rotatable bonds is 2. The second-order valence-corrected chi connectivity index (χ2v) is 7.72. The maximum Gasteiger partial charge on any atom is 0.158 e. The van der Waals surface area contributed by atoms with E-state index in [1.165, 1.54) is 30.9 Å². The summed E-state index contributed by atoms with van der Waals surface area (Å²) in [5, 5.41) is 9.07. The van der Waals surface area contributed by atoms with Crippen molar-refractivity contribution >= 4 is 16.9 Å². The molecule has 3 aromatic heterocycles. The number of hydrogen-bond donors (Lipinski definition) is 0. The first-order valence-electron chi connectivity index (χ1n) is 10.0. The van der Waals surface area contributed by atoms with Crippen LogP contribution in [-0.2, 0) is 13.0 Å². The first-order chi connectivity index (χ1) is 13.3. The fourth-order valence-electron chi connectivity index (χ4n) is 4.42. The van der Waals surface area contributed by atoms with Crippen molar-refractivity contribution in [3.63, 3.8) is 0 Å². The maximum atomic E-state index is 4.69. The molecule has 5 rings (SSSR count). The van der Waals surface area contributed by atoms with Crippen LogP contribution >= 0.6 is 0 Å². The van der Waals surface area contributed by atoms with Crippen molar-refractivity contribution in [2.24, 2.45) is 0 Å². The summed E-state index contributed by atoms with van der Waals surface area (Å²) in [5.41, 5.74) is 2.82. The Hall–Kier alpha value is -2.57. The molecule has 2 aliphatic rings. The van der Waals surface area contributed by atoms with Crippen LogP contribution in [0.4, 0.5) is 5.82 Å². The zero-order chi connectivity index (χ0) is 18.2. The van der Waals surface area contributed by atoms with E-state index < -0.39 is 0 Å².